The second kappa shape index (κ2) is 9.05. The number of halogens is 3. The number of para-hydroxylation sites is 1. The zero-order valence-corrected chi connectivity index (χ0v) is 15.0. The third kappa shape index (κ3) is 6.20. The number of ether oxygens (including phenoxy) is 2. The van der Waals surface area contributed by atoms with Gasteiger partial charge in [-0.2, -0.15) is 0 Å². The van der Waals surface area contributed by atoms with E-state index in [0.717, 1.165) is 5.56 Å². The highest BCUT2D eigenvalue weighted by Gasteiger charge is 2.32. The molecule has 150 valence electrons. The highest BCUT2D eigenvalue weighted by atomic mass is 19.4. The molecule has 3 aromatic rings. The quantitative estimate of drug-likeness (QED) is 0.648. The van der Waals surface area contributed by atoms with Crippen molar-refractivity contribution in [2.75, 3.05) is 0 Å². The molecular weight excluding hydrogens is 387 g/mol. The van der Waals surface area contributed by atoms with Gasteiger partial charge in [0.1, 0.15) is 24.4 Å². The largest absolute Gasteiger partial charge is 0.573 e. The number of alkyl halides is 3. The van der Waals surface area contributed by atoms with Crippen molar-refractivity contribution in [2.24, 2.45) is 0 Å². The van der Waals surface area contributed by atoms with Crippen LogP contribution < -0.4 is 14.8 Å². The molecule has 0 aliphatic rings. The third-order valence-electron chi connectivity index (χ3n) is 3.74. The summed E-state index contributed by atoms with van der Waals surface area (Å²) >= 11 is 0. The predicted octanol–water partition coefficient (Wildman–Crippen LogP) is 3.88. The molecule has 0 fully saturated rings. The van der Waals surface area contributed by atoms with Gasteiger partial charge in [-0.1, -0.05) is 48.5 Å². The van der Waals surface area contributed by atoms with Gasteiger partial charge in [0.05, 0.1) is 0 Å². The average molecular weight is 403 g/mol. The first-order valence-electron chi connectivity index (χ1n) is 8.51. The maximum atomic E-state index is 12.5. The monoisotopic (exact) mass is 403 g/mol. The van der Waals surface area contributed by atoms with E-state index in [0.29, 0.717) is 0 Å². The number of rotatable bonds is 7. The molecule has 0 aliphatic carbocycles. The van der Waals surface area contributed by atoms with Gasteiger partial charge in [0.15, 0.2) is 0 Å². The molecule has 1 N–H and O–H groups in total. The summed E-state index contributed by atoms with van der Waals surface area (Å²) in [6.45, 7) is 0.0936. The first-order valence-corrected chi connectivity index (χ1v) is 8.51. The molecule has 29 heavy (non-hydrogen) atoms. The van der Waals surface area contributed by atoms with Crippen molar-refractivity contribution in [2.45, 2.75) is 19.5 Å². The Morgan fingerprint density at radius 1 is 1.00 bits per heavy atom. The summed E-state index contributed by atoms with van der Waals surface area (Å²) in [7, 11) is 0. The van der Waals surface area contributed by atoms with E-state index in [1.165, 1.54) is 30.6 Å². The van der Waals surface area contributed by atoms with Crippen molar-refractivity contribution in [3.05, 3.63) is 83.8 Å². The fourth-order valence-electron chi connectivity index (χ4n) is 2.41. The van der Waals surface area contributed by atoms with Crippen molar-refractivity contribution in [1.82, 2.24) is 15.3 Å². The van der Waals surface area contributed by atoms with Crippen molar-refractivity contribution < 1.29 is 27.4 Å². The van der Waals surface area contributed by atoms with Crippen molar-refractivity contribution in [3.63, 3.8) is 0 Å². The number of amides is 1. The van der Waals surface area contributed by atoms with E-state index >= 15 is 0 Å². The predicted molar refractivity (Wildman–Crippen MR) is 97.1 cm³/mol. The van der Waals surface area contributed by atoms with E-state index in [4.69, 9.17) is 4.74 Å². The summed E-state index contributed by atoms with van der Waals surface area (Å²) in [4.78, 5) is 20.1. The molecule has 0 unspecified atom stereocenters. The number of hydrogen-bond donors (Lipinski definition) is 1. The molecule has 1 aromatic heterocycles. The van der Waals surface area contributed by atoms with E-state index in [2.05, 4.69) is 20.0 Å². The molecule has 3 rings (SSSR count). The normalized spacial score (nSPS) is 11.0. The van der Waals surface area contributed by atoms with Gasteiger partial charge < -0.3 is 14.8 Å². The minimum atomic E-state index is -4.82. The number of carbonyl (C=O) groups excluding carboxylic acids is 1. The number of benzene rings is 2. The lowest BCUT2D eigenvalue weighted by Gasteiger charge is -2.13. The molecule has 1 amide bonds. The number of nitrogens with zero attached hydrogens (tertiary/aromatic N) is 2. The summed E-state index contributed by atoms with van der Waals surface area (Å²) < 4.78 is 47.0. The van der Waals surface area contributed by atoms with Crippen molar-refractivity contribution in [3.8, 4) is 11.6 Å². The van der Waals surface area contributed by atoms with E-state index in [1.807, 2.05) is 30.3 Å². The highest BCUT2D eigenvalue weighted by Crippen LogP contribution is 2.26. The highest BCUT2D eigenvalue weighted by molar-refractivity contribution is 5.92. The average Bonchev–Trinajstić information content (AvgIpc) is 2.71. The van der Waals surface area contributed by atoms with E-state index in [1.54, 1.807) is 6.07 Å². The molecule has 0 aliphatic heterocycles. The Bertz CT molecular complexity index is 966. The Morgan fingerprint density at radius 3 is 2.48 bits per heavy atom. The number of aromatic nitrogens is 2. The molecule has 6 nitrogen and oxygen atoms in total. The van der Waals surface area contributed by atoms with Gasteiger partial charge in [-0.15, -0.1) is 13.2 Å². The van der Waals surface area contributed by atoms with E-state index < -0.39 is 12.3 Å². The Hall–Kier alpha value is -3.62. The van der Waals surface area contributed by atoms with Crippen LogP contribution in [-0.4, -0.2) is 22.2 Å². The Labute approximate surface area is 164 Å². The lowest BCUT2D eigenvalue weighted by molar-refractivity contribution is -0.274. The molecule has 0 spiro atoms. The van der Waals surface area contributed by atoms with Gasteiger partial charge in [-0.05, 0) is 11.6 Å². The molecule has 0 bridgehead atoms. The minimum absolute atomic E-state index is 0.0253. The first-order chi connectivity index (χ1) is 13.9. The fourth-order valence-corrected chi connectivity index (χ4v) is 2.41. The fraction of sp³-hybridized carbons (Fsp3) is 0.150. The zero-order valence-electron chi connectivity index (χ0n) is 15.0. The lowest BCUT2D eigenvalue weighted by Crippen LogP contribution is -2.25. The third-order valence-corrected chi connectivity index (χ3v) is 3.74. The molecular formula is C20H16F3N3O3. The number of nitrogens with one attached hydrogen (secondary N) is 1. The Balaban J connectivity index is 1.62. The minimum Gasteiger partial charge on any atom is -0.473 e. The summed E-state index contributed by atoms with van der Waals surface area (Å²) in [6, 6.07) is 16.3. The van der Waals surface area contributed by atoms with Gasteiger partial charge in [-0.3, -0.25) is 4.79 Å². The number of carbonyl (C=O) groups is 1. The summed E-state index contributed by atoms with van der Waals surface area (Å²) in [5, 5.41) is 2.51. The molecule has 2 aromatic carbocycles. The van der Waals surface area contributed by atoms with Gasteiger partial charge >= 0.3 is 6.36 Å². The van der Waals surface area contributed by atoms with Crippen LogP contribution in [0.25, 0.3) is 0 Å². The summed E-state index contributed by atoms with van der Waals surface area (Å²) in [5.74, 6) is -0.761. The maximum absolute atomic E-state index is 12.5. The van der Waals surface area contributed by atoms with Gasteiger partial charge in [0.25, 0.3) is 5.91 Å². The lowest BCUT2D eigenvalue weighted by atomic mass is 10.2. The van der Waals surface area contributed by atoms with Gasteiger partial charge in [0, 0.05) is 18.2 Å². The standard InChI is InChI=1S/C20H16F3N3O3/c21-20(22,23)29-17-9-5-4-8-15(17)11-24-19(27)16-10-18(26-13-25-16)28-12-14-6-2-1-3-7-14/h1-10,13H,11-12H2,(H,24,27). The van der Waals surface area contributed by atoms with Gasteiger partial charge in [0.2, 0.25) is 5.88 Å². The second-order valence-corrected chi connectivity index (χ2v) is 5.85. The Kier molecular flexibility index (Phi) is 6.28. The summed E-state index contributed by atoms with van der Waals surface area (Å²) in [6.07, 6.45) is -3.65. The van der Waals surface area contributed by atoms with Crippen LogP contribution in [0.3, 0.4) is 0 Å². The Morgan fingerprint density at radius 2 is 1.72 bits per heavy atom. The van der Waals surface area contributed by atoms with Crippen LogP contribution >= 0.6 is 0 Å². The van der Waals surface area contributed by atoms with Crippen LogP contribution in [0.4, 0.5) is 13.2 Å². The van der Waals surface area contributed by atoms with E-state index in [9.17, 15) is 18.0 Å². The smallest absolute Gasteiger partial charge is 0.473 e. The van der Waals surface area contributed by atoms with Crippen LogP contribution in [-0.2, 0) is 13.2 Å². The SMILES string of the molecule is O=C(NCc1ccccc1OC(F)(F)F)c1cc(OCc2ccccc2)ncn1. The van der Waals surface area contributed by atoms with Crippen LogP contribution in [0.5, 0.6) is 11.6 Å². The van der Waals surface area contributed by atoms with Crippen LogP contribution in [0.1, 0.15) is 21.6 Å². The van der Waals surface area contributed by atoms with E-state index in [-0.39, 0.29) is 36.0 Å². The van der Waals surface area contributed by atoms with Crippen molar-refractivity contribution >= 4 is 5.91 Å². The molecule has 0 radical (unpaired) electrons. The van der Waals surface area contributed by atoms with Gasteiger partial charge in [-0.25, -0.2) is 9.97 Å². The van der Waals surface area contributed by atoms with Crippen LogP contribution in [0.2, 0.25) is 0 Å². The van der Waals surface area contributed by atoms with Crippen molar-refractivity contribution in [1.29, 1.82) is 0 Å². The van der Waals surface area contributed by atoms with Crippen LogP contribution in [0, 0.1) is 0 Å². The summed E-state index contributed by atoms with van der Waals surface area (Å²) in [5.41, 5.74) is 1.13. The van der Waals surface area contributed by atoms with Crippen LogP contribution in [0.15, 0.2) is 67.0 Å². The molecule has 9 heteroatoms. The first kappa shape index (κ1) is 20.1. The molecule has 0 atom stereocenters. The maximum Gasteiger partial charge on any atom is 0.573 e. The number of hydrogen-bond acceptors (Lipinski definition) is 5. The molecule has 0 saturated heterocycles. The second-order valence-electron chi connectivity index (χ2n) is 5.85. The molecule has 0 saturated carbocycles. The zero-order chi connectivity index (χ0) is 20.7. The topological polar surface area (TPSA) is 73.3 Å². The molecule has 1 heterocycles.